The van der Waals surface area contributed by atoms with Crippen molar-refractivity contribution in [1.82, 2.24) is 0 Å². The summed E-state index contributed by atoms with van der Waals surface area (Å²) in [5, 5.41) is 2.82. The SMILES string of the molecule is CC1=C(C)SC(=CP(c2ccccc2)c2ccccc2)S1. The van der Waals surface area contributed by atoms with Gasteiger partial charge in [0.2, 0.25) is 0 Å². The second-order valence-corrected chi connectivity index (χ2v) is 9.61. The molecule has 0 saturated carbocycles. The molecule has 0 amide bonds. The van der Waals surface area contributed by atoms with E-state index in [9.17, 15) is 0 Å². The molecule has 3 heteroatoms. The van der Waals surface area contributed by atoms with E-state index in [1.807, 2.05) is 23.5 Å². The van der Waals surface area contributed by atoms with E-state index >= 15 is 0 Å². The molecule has 3 rings (SSSR count). The van der Waals surface area contributed by atoms with Gasteiger partial charge in [-0.05, 0) is 48.0 Å². The Morgan fingerprint density at radius 1 is 0.714 bits per heavy atom. The molecular weight excluding hydrogens is 311 g/mol. The highest BCUT2D eigenvalue weighted by atomic mass is 32.2. The summed E-state index contributed by atoms with van der Waals surface area (Å²) in [6.45, 7) is 4.42. The van der Waals surface area contributed by atoms with Gasteiger partial charge >= 0.3 is 0 Å². The van der Waals surface area contributed by atoms with Crippen LogP contribution in [0.5, 0.6) is 0 Å². The molecule has 2 aromatic rings. The summed E-state index contributed by atoms with van der Waals surface area (Å²) in [5.41, 5.74) is 0. The van der Waals surface area contributed by atoms with E-state index < -0.39 is 7.92 Å². The summed E-state index contributed by atoms with van der Waals surface area (Å²) >= 11 is 3.82. The first-order valence-corrected chi connectivity index (χ1v) is 9.93. The molecule has 0 nitrogen and oxygen atoms in total. The third kappa shape index (κ3) is 3.63. The first-order valence-electron chi connectivity index (χ1n) is 6.88. The smallest absolute Gasteiger partial charge is 0.0503 e. The Bertz CT molecular complexity index is 619. The molecule has 1 aliphatic rings. The Labute approximate surface area is 136 Å². The lowest BCUT2D eigenvalue weighted by atomic mass is 10.4. The van der Waals surface area contributed by atoms with Gasteiger partial charge in [0.25, 0.3) is 0 Å². The lowest BCUT2D eigenvalue weighted by molar-refractivity contribution is 1.57. The van der Waals surface area contributed by atoms with Crippen LogP contribution in [-0.4, -0.2) is 0 Å². The minimum absolute atomic E-state index is 0.430. The molecular formula is C18H17PS2. The molecule has 1 aliphatic heterocycles. The van der Waals surface area contributed by atoms with Crippen molar-refractivity contribution in [3.63, 3.8) is 0 Å². The van der Waals surface area contributed by atoms with E-state index in [-0.39, 0.29) is 0 Å². The lowest BCUT2D eigenvalue weighted by Crippen LogP contribution is -2.09. The molecule has 0 aliphatic carbocycles. The third-order valence-electron chi connectivity index (χ3n) is 3.31. The number of rotatable bonds is 3. The second kappa shape index (κ2) is 6.87. The maximum atomic E-state index is 2.47. The molecule has 0 saturated heterocycles. The highest BCUT2D eigenvalue weighted by Gasteiger charge is 2.18. The summed E-state index contributed by atoms with van der Waals surface area (Å²) in [4.78, 5) is 2.87. The fraction of sp³-hybridized carbons (Fsp3) is 0.111. The van der Waals surface area contributed by atoms with Gasteiger partial charge in [-0.25, -0.2) is 0 Å². The fourth-order valence-electron chi connectivity index (χ4n) is 2.10. The molecule has 0 aromatic heterocycles. The van der Waals surface area contributed by atoms with Crippen LogP contribution >= 0.6 is 31.4 Å². The summed E-state index contributed by atoms with van der Waals surface area (Å²) < 4.78 is 1.42. The number of hydrogen-bond donors (Lipinski definition) is 0. The summed E-state index contributed by atoms with van der Waals surface area (Å²) in [6, 6.07) is 21.7. The zero-order chi connectivity index (χ0) is 14.7. The summed E-state index contributed by atoms with van der Waals surface area (Å²) in [5.74, 6) is 2.47. The molecule has 2 aromatic carbocycles. The average Bonchev–Trinajstić information content (AvgIpc) is 2.85. The molecule has 21 heavy (non-hydrogen) atoms. The lowest BCUT2D eigenvalue weighted by Gasteiger charge is -2.15. The molecule has 106 valence electrons. The standard InChI is InChI=1S/C18H17PS2/c1-14-15(2)21-18(20-14)13-19(16-9-5-3-6-10-16)17-11-7-4-8-12-17/h3-13H,1-2H3. The molecule has 0 N–H and O–H groups in total. The van der Waals surface area contributed by atoms with Crippen molar-refractivity contribution in [1.29, 1.82) is 0 Å². The molecule has 0 unspecified atom stereocenters. The van der Waals surface area contributed by atoms with Gasteiger partial charge < -0.3 is 0 Å². The Morgan fingerprint density at radius 3 is 1.57 bits per heavy atom. The number of benzene rings is 2. The van der Waals surface area contributed by atoms with Crippen LogP contribution in [0.2, 0.25) is 0 Å². The number of hydrogen-bond acceptors (Lipinski definition) is 2. The van der Waals surface area contributed by atoms with Gasteiger partial charge in [0.15, 0.2) is 0 Å². The van der Waals surface area contributed by atoms with Crippen LogP contribution < -0.4 is 10.6 Å². The zero-order valence-electron chi connectivity index (χ0n) is 12.1. The van der Waals surface area contributed by atoms with E-state index in [1.165, 1.54) is 24.7 Å². The topological polar surface area (TPSA) is 0 Å². The maximum Gasteiger partial charge on any atom is 0.0503 e. The van der Waals surface area contributed by atoms with E-state index in [1.54, 1.807) is 0 Å². The van der Waals surface area contributed by atoms with Crippen LogP contribution in [-0.2, 0) is 0 Å². The quantitative estimate of drug-likeness (QED) is 0.668. The van der Waals surface area contributed by atoms with Gasteiger partial charge in [-0.2, -0.15) is 0 Å². The first kappa shape index (κ1) is 15.0. The third-order valence-corrected chi connectivity index (χ3v) is 8.37. The Morgan fingerprint density at radius 2 is 1.14 bits per heavy atom. The van der Waals surface area contributed by atoms with Crippen LogP contribution in [0.4, 0.5) is 0 Å². The van der Waals surface area contributed by atoms with E-state index in [2.05, 4.69) is 80.3 Å². The molecule has 1 heterocycles. The molecule has 0 bridgehead atoms. The summed E-state index contributed by atoms with van der Waals surface area (Å²) in [7, 11) is -0.430. The monoisotopic (exact) mass is 328 g/mol. The fourth-order valence-corrected chi connectivity index (χ4v) is 7.01. The van der Waals surface area contributed by atoms with Gasteiger partial charge in [0.1, 0.15) is 0 Å². The predicted octanol–water partition coefficient (Wildman–Crippen LogP) is 5.65. The van der Waals surface area contributed by atoms with Crippen molar-refractivity contribution < 1.29 is 0 Å². The van der Waals surface area contributed by atoms with Crippen molar-refractivity contribution in [3.05, 3.63) is 80.5 Å². The van der Waals surface area contributed by atoms with Gasteiger partial charge in [0, 0.05) is 0 Å². The van der Waals surface area contributed by atoms with Crippen LogP contribution in [0.15, 0.2) is 80.5 Å². The van der Waals surface area contributed by atoms with Crippen molar-refractivity contribution in [2.45, 2.75) is 13.8 Å². The van der Waals surface area contributed by atoms with Gasteiger partial charge in [-0.3, -0.25) is 0 Å². The first-order chi connectivity index (χ1) is 10.2. The minimum atomic E-state index is -0.430. The predicted molar refractivity (Wildman–Crippen MR) is 101 cm³/mol. The molecule has 0 spiro atoms. The zero-order valence-corrected chi connectivity index (χ0v) is 14.6. The Balaban J connectivity index is 1.97. The largest absolute Gasteiger partial charge is 0.0866 e. The Hall–Kier alpha value is -0.950. The minimum Gasteiger partial charge on any atom is -0.0866 e. The van der Waals surface area contributed by atoms with E-state index in [0.717, 1.165) is 0 Å². The summed E-state index contributed by atoms with van der Waals surface area (Å²) in [6.07, 6.45) is 0. The van der Waals surface area contributed by atoms with Crippen molar-refractivity contribution in [2.75, 3.05) is 0 Å². The van der Waals surface area contributed by atoms with E-state index in [0.29, 0.717) is 0 Å². The number of thioether (sulfide) groups is 2. The van der Waals surface area contributed by atoms with Crippen molar-refractivity contribution in [2.24, 2.45) is 0 Å². The molecule has 0 atom stereocenters. The van der Waals surface area contributed by atoms with Gasteiger partial charge in [-0.15, -0.1) is 0 Å². The van der Waals surface area contributed by atoms with Crippen LogP contribution in [0.3, 0.4) is 0 Å². The molecule has 0 fully saturated rings. The van der Waals surface area contributed by atoms with Crippen LogP contribution in [0, 0.1) is 0 Å². The average molecular weight is 328 g/mol. The molecule has 0 radical (unpaired) electrons. The van der Waals surface area contributed by atoms with Crippen molar-refractivity contribution >= 4 is 42.1 Å². The maximum absolute atomic E-state index is 2.47. The van der Waals surface area contributed by atoms with Crippen LogP contribution in [0.1, 0.15) is 13.8 Å². The second-order valence-electron chi connectivity index (χ2n) is 4.81. The van der Waals surface area contributed by atoms with E-state index in [4.69, 9.17) is 0 Å². The van der Waals surface area contributed by atoms with Gasteiger partial charge in [0.05, 0.1) is 4.24 Å². The Kier molecular flexibility index (Phi) is 4.90. The number of allylic oxidation sites excluding steroid dienone is 2. The van der Waals surface area contributed by atoms with Gasteiger partial charge in [-0.1, -0.05) is 84.2 Å². The normalized spacial score (nSPS) is 14.9. The highest BCUT2D eigenvalue weighted by molar-refractivity contribution is 8.28. The highest BCUT2D eigenvalue weighted by Crippen LogP contribution is 2.52. The van der Waals surface area contributed by atoms with Crippen LogP contribution in [0.25, 0.3) is 0 Å². The van der Waals surface area contributed by atoms with Crippen molar-refractivity contribution in [3.8, 4) is 0 Å².